The van der Waals surface area contributed by atoms with Crippen molar-refractivity contribution in [2.75, 3.05) is 23.3 Å². The number of H-pyrrole nitrogens is 1. The topological polar surface area (TPSA) is 114 Å². The number of aromatic nitrogens is 3. The number of carbonyl (C=O) groups is 1. The highest BCUT2D eigenvalue weighted by molar-refractivity contribution is 7.99. The molecule has 3 N–H and O–H groups in total. The first-order valence-corrected chi connectivity index (χ1v) is 9.34. The van der Waals surface area contributed by atoms with Crippen molar-refractivity contribution >= 4 is 35.5 Å². The Morgan fingerprint density at radius 1 is 1.21 bits per heavy atom. The number of thioether (sulfide) groups is 1. The van der Waals surface area contributed by atoms with E-state index in [1.54, 1.807) is 24.4 Å². The lowest BCUT2D eigenvalue weighted by atomic mass is 10.2. The van der Waals surface area contributed by atoms with Crippen LogP contribution in [0.4, 0.5) is 11.6 Å². The van der Waals surface area contributed by atoms with Gasteiger partial charge in [0.1, 0.15) is 0 Å². The first-order chi connectivity index (χ1) is 13.8. The Labute approximate surface area is 164 Å². The summed E-state index contributed by atoms with van der Waals surface area (Å²) in [6.07, 6.45) is 1.67. The Hall–Kier alpha value is -3.53. The normalized spacial score (nSPS) is 12.3. The maximum atomic E-state index is 12.1. The minimum absolute atomic E-state index is 0.166. The van der Waals surface area contributed by atoms with E-state index in [0.717, 1.165) is 5.56 Å². The molecule has 0 bridgehead atoms. The average Bonchev–Trinajstić information content (AvgIpc) is 3.36. The summed E-state index contributed by atoms with van der Waals surface area (Å²) in [5.74, 6) is 1.67. The molecule has 10 heteroatoms. The monoisotopic (exact) mass is 396 g/mol. The Morgan fingerprint density at radius 3 is 2.96 bits per heavy atom. The molecule has 142 valence electrons. The summed E-state index contributed by atoms with van der Waals surface area (Å²) in [6.45, 7) is 0.194. The number of ether oxygens (including phenoxy) is 2. The summed E-state index contributed by atoms with van der Waals surface area (Å²) in [6, 6.07) is 14.9. The number of hydrazone groups is 1. The standard InChI is InChI=1S/C18H16N6O3S/c25-16(20-13-6-7-14-15(8-13)27-11-26-14)10-28-18-21-17(23-24-18)22-19-9-12-4-2-1-3-5-12/h1-9H,10-11H2,(H,20,25)(H2,21,22,23,24)/b19-9-. The van der Waals surface area contributed by atoms with Gasteiger partial charge in [0.05, 0.1) is 12.0 Å². The van der Waals surface area contributed by atoms with Crippen molar-refractivity contribution in [1.82, 2.24) is 15.2 Å². The number of carbonyl (C=O) groups excluding carboxylic acids is 1. The van der Waals surface area contributed by atoms with E-state index in [-0.39, 0.29) is 18.5 Å². The third-order valence-corrected chi connectivity index (χ3v) is 4.48. The van der Waals surface area contributed by atoms with Crippen LogP contribution in [0.15, 0.2) is 58.8 Å². The molecule has 0 unspecified atom stereocenters. The number of nitrogens with one attached hydrogen (secondary N) is 3. The third-order valence-electron chi connectivity index (χ3n) is 3.64. The largest absolute Gasteiger partial charge is 0.454 e. The highest BCUT2D eigenvalue weighted by Gasteiger charge is 2.14. The van der Waals surface area contributed by atoms with Crippen LogP contribution >= 0.6 is 11.8 Å². The first kappa shape index (κ1) is 17.9. The summed E-state index contributed by atoms with van der Waals surface area (Å²) >= 11 is 1.21. The van der Waals surface area contributed by atoms with Gasteiger partial charge in [-0.15, -0.1) is 5.10 Å². The molecule has 3 aromatic rings. The van der Waals surface area contributed by atoms with Gasteiger partial charge in [0.25, 0.3) is 0 Å². The number of nitrogens with zero attached hydrogens (tertiary/aromatic N) is 3. The van der Waals surface area contributed by atoms with Crippen LogP contribution in [-0.4, -0.2) is 39.8 Å². The summed E-state index contributed by atoms with van der Waals surface area (Å²) < 4.78 is 10.5. The molecular formula is C18H16N6O3S. The number of rotatable bonds is 7. The van der Waals surface area contributed by atoms with Gasteiger partial charge >= 0.3 is 0 Å². The molecule has 0 fully saturated rings. The van der Waals surface area contributed by atoms with Gasteiger partial charge < -0.3 is 14.8 Å². The third kappa shape index (κ3) is 4.60. The van der Waals surface area contributed by atoms with E-state index < -0.39 is 0 Å². The second kappa shape index (κ2) is 8.44. The Morgan fingerprint density at radius 2 is 2.07 bits per heavy atom. The number of amides is 1. The zero-order chi connectivity index (χ0) is 19.2. The van der Waals surface area contributed by atoms with Crippen molar-refractivity contribution < 1.29 is 14.3 Å². The van der Waals surface area contributed by atoms with Gasteiger partial charge in [-0.05, 0) is 17.7 Å². The van der Waals surface area contributed by atoms with Crippen molar-refractivity contribution in [2.45, 2.75) is 5.16 Å². The smallest absolute Gasteiger partial charge is 0.240 e. The fourth-order valence-electron chi connectivity index (χ4n) is 2.37. The maximum absolute atomic E-state index is 12.1. The van der Waals surface area contributed by atoms with E-state index >= 15 is 0 Å². The zero-order valence-electron chi connectivity index (χ0n) is 14.6. The van der Waals surface area contributed by atoms with E-state index in [0.29, 0.717) is 28.3 Å². The molecule has 0 saturated carbocycles. The van der Waals surface area contributed by atoms with E-state index in [1.807, 2.05) is 30.3 Å². The Kier molecular flexibility index (Phi) is 5.38. The summed E-state index contributed by atoms with van der Waals surface area (Å²) in [7, 11) is 0. The highest BCUT2D eigenvalue weighted by Crippen LogP contribution is 2.34. The Balaban J connectivity index is 1.25. The number of fused-ring (bicyclic) bond motifs is 1. The summed E-state index contributed by atoms with van der Waals surface area (Å²) in [5, 5.41) is 14.1. The minimum Gasteiger partial charge on any atom is -0.454 e. The fraction of sp³-hybridized carbons (Fsp3) is 0.111. The molecule has 0 aliphatic carbocycles. The van der Waals surface area contributed by atoms with Crippen LogP contribution in [0, 0.1) is 0 Å². The Bertz CT molecular complexity index is 992. The van der Waals surface area contributed by atoms with Crippen molar-refractivity contribution in [2.24, 2.45) is 5.10 Å². The lowest BCUT2D eigenvalue weighted by molar-refractivity contribution is -0.113. The second-order valence-corrected chi connectivity index (χ2v) is 6.59. The van der Waals surface area contributed by atoms with Gasteiger partial charge in [-0.3, -0.25) is 4.79 Å². The van der Waals surface area contributed by atoms with Crippen LogP contribution in [0.1, 0.15) is 5.56 Å². The summed E-state index contributed by atoms with van der Waals surface area (Å²) in [5.41, 5.74) is 4.37. The van der Waals surface area contributed by atoms with Crippen molar-refractivity contribution in [1.29, 1.82) is 0 Å². The van der Waals surface area contributed by atoms with E-state index in [1.165, 1.54) is 11.8 Å². The number of hydrogen-bond acceptors (Lipinski definition) is 8. The molecule has 0 saturated heterocycles. The minimum atomic E-state index is -0.176. The molecule has 1 amide bonds. The number of anilines is 2. The van der Waals surface area contributed by atoms with Crippen molar-refractivity contribution in [3.05, 3.63) is 54.1 Å². The van der Waals surface area contributed by atoms with Gasteiger partial charge in [0.2, 0.25) is 23.8 Å². The molecule has 0 spiro atoms. The number of hydrogen-bond donors (Lipinski definition) is 3. The second-order valence-electron chi connectivity index (χ2n) is 5.65. The highest BCUT2D eigenvalue weighted by atomic mass is 32.2. The predicted molar refractivity (Wildman–Crippen MR) is 106 cm³/mol. The lowest BCUT2D eigenvalue weighted by Crippen LogP contribution is -2.14. The molecule has 1 aliphatic heterocycles. The van der Waals surface area contributed by atoms with Crippen molar-refractivity contribution in [3.63, 3.8) is 0 Å². The van der Waals surface area contributed by atoms with E-state index in [2.05, 4.69) is 31.0 Å². The van der Waals surface area contributed by atoms with Crippen LogP contribution in [0.3, 0.4) is 0 Å². The quantitative estimate of drug-likeness (QED) is 0.320. The first-order valence-electron chi connectivity index (χ1n) is 8.35. The van der Waals surface area contributed by atoms with Crippen LogP contribution < -0.4 is 20.2 Å². The van der Waals surface area contributed by atoms with E-state index in [9.17, 15) is 4.79 Å². The van der Waals surface area contributed by atoms with Crippen LogP contribution in [0.25, 0.3) is 0 Å². The maximum Gasteiger partial charge on any atom is 0.240 e. The molecule has 28 heavy (non-hydrogen) atoms. The van der Waals surface area contributed by atoms with Crippen LogP contribution in [0.5, 0.6) is 11.5 Å². The molecule has 1 aliphatic rings. The van der Waals surface area contributed by atoms with Gasteiger partial charge in [-0.2, -0.15) is 10.1 Å². The number of benzene rings is 2. The molecule has 0 radical (unpaired) electrons. The number of aromatic amines is 1. The summed E-state index contributed by atoms with van der Waals surface area (Å²) in [4.78, 5) is 16.3. The van der Waals surface area contributed by atoms with Gasteiger partial charge in [-0.1, -0.05) is 42.1 Å². The average molecular weight is 396 g/mol. The van der Waals surface area contributed by atoms with Crippen LogP contribution in [0.2, 0.25) is 0 Å². The van der Waals surface area contributed by atoms with E-state index in [4.69, 9.17) is 9.47 Å². The fourth-order valence-corrected chi connectivity index (χ4v) is 2.97. The SMILES string of the molecule is O=C(CSc1n[nH]c(N/N=C\c2ccccc2)n1)Nc1ccc2c(c1)OCO2. The lowest BCUT2D eigenvalue weighted by Gasteiger charge is -2.05. The molecule has 9 nitrogen and oxygen atoms in total. The van der Waals surface area contributed by atoms with Crippen LogP contribution in [-0.2, 0) is 4.79 Å². The zero-order valence-corrected chi connectivity index (χ0v) is 15.4. The van der Waals surface area contributed by atoms with Gasteiger partial charge in [-0.25, -0.2) is 10.5 Å². The predicted octanol–water partition coefficient (Wildman–Crippen LogP) is 2.71. The molecule has 0 atom stereocenters. The van der Waals surface area contributed by atoms with Crippen molar-refractivity contribution in [3.8, 4) is 11.5 Å². The molecule has 2 aromatic carbocycles. The molecule has 1 aromatic heterocycles. The van der Waals surface area contributed by atoms with Gasteiger partial charge in [0, 0.05) is 11.8 Å². The molecular weight excluding hydrogens is 380 g/mol. The molecule has 4 rings (SSSR count). The molecule has 2 heterocycles. The van der Waals surface area contributed by atoms with Gasteiger partial charge in [0.15, 0.2) is 11.5 Å².